The summed E-state index contributed by atoms with van der Waals surface area (Å²) in [5.74, 6) is -0.877. The van der Waals surface area contributed by atoms with Crippen molar-refractivity contribution < 1.29 is 37.9 Å². The maximum Gasteiger partial charge on any atom is 0.469 e. The van der Waals surface area contributed by atoms with Crippen molar-refractivity contribution in [3.05, 3.63) is 12.2 Å². The highest BCUT2D eigenvalue weighted by molar-refractivity contribution is 7.46. The van der Waals surface area contributed by atoms with Crippen LogP contribution >= 0.6 is 7.82 Å². The van der Waals surface area contributed by atoms with Crippen LogP contribution in [-0.4, -0.2) is 41.0 Å². The Balaban J connectivity index is 3.84. The van der Waals surface area contributed by atoms with E-state index in [4.69, 9.17) is 19.3 Å². The SMILES string of the molecule is CCCCCC/C=C\CCCCCCCCCC(=O)O[C@H](COC(=O)CCCCCCCCCCCCCCCCCCCCC)COP(=O)(O)O. The minimum Gasteiger partial charge on any atom is -0.462 e. The molecule has 0 rings (SSSR count). The average molecular weight is 759 g/mol. The molecule has 52 heavy (non-hydrogen) atoms. The van der Waals surface area contributed by atoms with Crippen LogP contribution in [0.4, 0.5) is 0 Å². The molecule has 8 nitrogen and oxygen atoms in total. The Hall–Kier alpha value is -1.21. The molecule has 0 saturated carbocycles. The Morgan fingerprint density at radius 3 is 1.19 bits per heavy atom. The summed E-state index contributed by atoms with van der Waals surface area (Å²) in [5.41, 5.74) is 0. The topological polar surface area (TPSA) is 119 Å². The summed E-state index contributed by atoms with van der Waals surface area (Å²) < 4.78 is 26.4. The van der Waals surface area contributed by atoms with E-state index in [1.165, 1.54) is 154 Å². The first-order valence-corrected chi connectivity index (χ1v) is 23.5. The van der Waals surface area contributed by atoms with E-state index in [0.717, 1.165) is 44.9 Å². The van der Waals surface area contributed by atoms with Crippen LogP contribution in [0.3, 0.4) is 0 Å². The molecule has 0 spiro atoms. The van der Waals surface area contributed by atoms with E-state index < -0.39 is 32.5 Å². The van der Waals surface area contributed by atoms with Gasteiger partial charge in [-0.2, -0.15) is 0 Å². The van der Waals surface area contributed by atoms with Crippen molar-refractivity contribution in [2.24, 2.45) is 0 Å². The number of hydrogen-bond donors (Lipinski definition) is 2. The van der Waals surface area contributed by atoms with E-state index in [2.05, 4.69) is 30.5 Å². The molecule has 0 unspecified atom stereocenters. The standard InChI is InChI=1S/C43H83O8P/c1-3-5-7-9-11-13-15-17-19-20-21-22-24-25-27-29-31-33-35-37-42(44)49-39-41(40-50-52(46,47)48)51-43(45)38-36-34-32-30-28-26-23-18-16-14-12-10-8-6-4-2/h14,16,41H,3-13,15,17-40H2,1-2H3,(H2,46,47,48)/b16-14-/t41-/m1/s1. The van der Waals surface area contributed by atoms with Crippen molar-refractivity contribution in [3.63, 3.8) is 0 Å². The van der Waals surface area contributed by atoms with Gasteiger partial charge in [-0.15, -0.1) is 0 Å². The summed E-state index contributed by atoms with van der Waals surface area (Å²) in [7, 11) is -4.75. The van der Waals surface area contributed by atoms with Crippen LogP contribution in [0.15, 0.2) is 12.2 Å². The normalized spacial score (nSPS) is 12.5. The molecule has 0 radical (unpaired) electrons. The number of hydrogen-bond acceptors (Lipinski definition) is 6. The van der Waals surface area contributed by atoms with Gasteiger partial charge < -0.3 is 19.3 Å². The number of phosphoric acid groups is 1. The zero-order valence-electron chi connectivity index (χ0n) is 34.0. The quantitative estimate of drug-likeness (QED) is 0.0274. The van der Waals surface area contributed by atoms with E-state index in [-0.39, 0.29) is 19.4 Å². The van der Waals surface area contributed by atoms with E-state index in [1.807, 2.05) is 0 Å². The smallest absolute Gasteiger partial charge is 0.462 e. The molecule has 0 heterocycles. The van der Waals surface area contributed by atoms with Crippen LogP contribution in [0.5, 0.6) is 0 Å². The maximum absolute atomic E-state index is 12.4. The highest BCUT2D eigenvalue weighted by Gasteiger charge is 2.22. The number of allylic oxidation sites excluding steroid dienone is 2. The van der Waals surface area contributed by atoms with Gasteiger partial charge in [0.1, 0.15) is 6.61 Å². The molecule has 2 N–H and O–H groups in total. The summed E-state index contributed by atoms with van der Waals surface area (Å²) in [6.07, 6.45) is 43.6. The van der Waals surface area contributed by atoms with Gasteiger partial charge in [-0.3, -0.25) is 14.1 Å². The van der Waals surface area contributed by atoms with Gasteiger partial charge in [-0.05, 0) is 38.5 Å². The Labute approximate surface area is 320 Å². The Morgan fingerprint density at radius 2 is 0.808 bits per heavy atom. The molecule has 0 aromatic heterocycles. The van der Waals surface area contributed by atoms with Gasteiger partial charge in [0.25, 0.3) is 0 Å². The third kappa shape index (κ3) is 41.5. The molecule has 0 amide bonds. The third-order valence-electron chi connectivity index (χ3n) is 9.78. The number of rotatable bonds is 41. The van der Waals surface area contributed by atoms with Crippen LogP contribution in [0, 0.1) is 0 Å². The molecule has 0 aromatic carbocycles. The van der Waals surface area contributed by atoms with Crippen LogP contribution < -0.4 is 0 Å². The first-order valence-electron chi connectivity index (χ1n) is 22.0. The van der Waals surface area contributed by atoms with Crippen LogP contribution in [0.1, 0.15) is 232 Å². The molecule has 0 saturated heterocycles. The summed E-state index contributed by atoms with van der Waals surface area (Å²) in [6.45, 7) is 3.70. The largest absolute Gasteiger partial charge is 0.469 e. The lowest BCUT2D eigenvalue weighted by Gasteiger charge is -2.18. The van der Waals surface area contributed by atoms with Gasteiger partial charge in [0.15, 0.2) is 6.10 Å². The predicted molar refractivity (Wildman–Crippen MR) is 216 cm³/mol. The molecule has 1 atom stereocenters. The molecule has 9 heteroatoms. The summed E-state index contributed by atoms with van der Waals surface area (Å²) in [4.78, 5) is 42.9. The van der Waals surface area contributed by atoms with Gasteiger partial charge in [0.05, 0.1) is 6.61 Å². The van der Waals surface area contributed by atoms with Crippen molar-refractivity contribution in [2.75, 3.05) is 13.2 Å². The van der Waals surface area contributed by atoms with Crippen molar-refractivity contribution in [3.8, 4) is 0 Å². The average Bonchev–Trinajstić information content (AvgIpc) is 3.11. The number of phosphoric ester groups is 1. The molecule has 0 fully saturated rings. The Kier molecular flexibility index (Phi) is 38.6. The second-order valence-electron chi connectivity index (χ2n) is 15.0. The van der Waals surface area contributed by atoms with Gasteiger partial charge in [0, 0.05) is 12.8 Å². The number of ether oxygens (including phenoxy) is 2. The van der Waals surface area contributed by atoms with E-state index in [0.29, 0.717) is 6.42 Å². The highest BCUT2D eigenvalue weighted by atomic mass is 31.2. The highest BCUT2D eigenvalue weighted by Crippen LogP contribution is 2.36. The molecular formula is C43H83O8P. The third-order valence-corrected chi connectivity index (χ3v) is 10.3. The summed E-state index contributed by atoms with van der Waals surface area (Å²) in [6, 6.07) is 0. The van der Waals surface area contributed by atoms with Gasteiger partial charge >= 0.3 is 19.8 Å². The van der Waals surface area contributed by atoms with Crippen LogP contribution in [-0.2, 0) is 28.2 Å². The number of carbonyl (C=O) groups is 2. The van der Waals surface area contributed by atoms with Crippen LogP contribution in [0.2, 0.25) is 0 Å². The molecule has 0 aliphatic rings. The van der Waals surface area contributed by atoms with Gasteiger partial charge in [0.2, 0.25) is 0 Å². The first kappa shape index (κ1) is 50.8. The maximum atomic E-state index is 12.4. The molecule has 0 bridgehead atoms. The second-order valence-corrected chi connectivity index (χ2v) is 16.3. The molecule has 0 aromatic rings. The molecule has 0 aliphatic carbocycles. The minimum absolute atomic E-state index is 0.211. The van der Waals surface area contributed by atoms with E-state index in [1.54, 1.807) is 0 Å². The van der Waals surface area contributed by atoms with Crippen molar-refractivity contribution in [1.82, 2.24) is 0 Å². The fourth-order valence-corrected chi connectivity index (χ4v) is 6.85. The molecular weight excluding hydrogens is 675 g/mol. The monoisotopic (exact) mass is 759 g/mol. The summed E-state index contributed by atoms with van der Waals surface area (Å²) >= 11 is 0. The number of unbranched alkanes of at least 4 members (excludes halogenated alkanes) is 29. The zero-order valence-corrected chi connectivity index (χ0v) is 34.9. The number of carbonyl (C=O) groups excluding carboxylic acids is 2. The zero-order chi connectivity index (χ0) is 38.2. The second kappa shape index (κ2) is 39.5. The van der Waals surface area contributed by atoms with E-state index >= 15 is 0 Å². The lowest BCUT2D eigenvalue weighted by atomic mass is 10.0. The fourth-order valence-electron chi connectivity index (χ4n) is 6.49. The van der Waals surface area contributed by atoms with Crippen molar-refractivity contribution in [2.45, 2.75) is 238 Å². The van der Waals surface area contributed by atoms with Crippen LogP contribution in [0.25, 0.3) is 0 Å². The Bertz CT molecular complexity index is 858. The lowest BCUT2D eigenvalue weighted by Crippen LogP contribution is -2.29. The summed E-state index contributed by atoms with van der Waals surface area (Å²) in [5, 5.41) is 0. The van der Waals surface area contributed by atoms with E-state index in [9.17, 15) is 14.2 Å². The van der Waals surface area contributed by atoms with Gasteiger partial charge in [-0.1, -0.05) is 193 Å². The first-order chi connectivity index (χ1) is 25.3. The minimum atomic E-state index is -4.75. The Morgan fingerprint density at radius 1 is 0.481 bits per heavy atom. The fraction of sp³-hybridized carbons (Fsp3) is 0.907. The van der Waals surface area contributed by atoms with Crippen molar-refractivity contribution in [1.29, 1.82) is 0 Å². The van der Waals surface area contributed by atoms with Gasteiger partial charge in [-0.25, -0.2) is 4.57 Å². The number of esters is 2. The predicted octanol–water partition coefficient (Wildman–Crippen LogP) is 13.4. The van der Waals surface area contributed by atoms with Crippen molar-refractivity contribution >= 4 is 19.8 Å². The molecule has 308 valence electrons. The lowest BCUT2D eigenvalue weighted by molar-refractivity contribution is -0.161. The molecule has 0 aliphatic heterocycles.